The Bertz CT molecular complexity index is 463. The first-order chi connectivity index (χ1) is 8.78. The summed E-state index contributed by atoms with van der Waals surface area (Å²) in [6.07, 6.45) is 7.71. The van der Waals surface area contributed by atoms with Gasteiger partial charge in [-0.25, -0.2) is 4.98 Å². The Hall–Kier alpha value is -1.20. The number of hydrogen-bond acceptors (Lipinski definition) is 5. The Morgan fingerprint density at radius 1 is 1.44 bits per heavy atom. The maximum Gasteiger partial charge on any atom is 0.191 e. The lowest BCUT2D eigenvalue weighted by Gasteiger charge is -2.43. The minimum absolute atomic E-state index is 0.265. The minimum Gasteiger partial charge on any atom is -0.305 e. The molecule has 3 heterocycles. The summed E-state index contributed by atoms with van der Waals surface area (Å²) < 4.78 is 0. The fraction of sp³-hybridized carbons (Fsp3) is 0.538. The van der Waals surface area contributed by atoms with E-state index in [-0.39, 0.29) is 5.92 Å². The van der Waals surface area contributed by atoms with Crippen LogP contribution in [0.1, 0.15) is 18.5 Å². The predicted molar refractivity (Wildman–Crippen MR) is 72.6 cm³/mol. The highest BCUT2D eigenvalue weighted by Gasteiger charge is 2.32. The summed E-state index contributed by atoms with van der Waals surface area (Å²) in [4.78, 5) is 19.9. The van der Waals surface area contributed by atoms with Crippen molar-refractivity contribution in [2.45, 2.75) is 25.9 Å². The van der Waals surface area contributed by atoms with Crippen molar-refractivity contribution in [2.75, 3.05) is 18.0 Å². The van der Waals surface area contributed by atoms with E-state index >= 15 is 0 Å². The number of aryl methyl sites for hydroxylation is 1. The molecule has 0 aliphatic carbocycles. The third-order valence-corrected chi connectivity index (χ3v) is 4.64. The number of piperidine rings is 1. The number of anilines is 1. The van der Waals surface area contributed by atoms with Crippen molar-refractivity contribution in [1.82, 2.24) is 9.88 Å². The van der Waals surface area contributed by atoms with Crippen LogP contribution in [0.3, 0.4) is 0 Å². The standard InChI is InChI=1S/C13H17N3OS/c1-10-9-18-13(14-10)16-7-4-12(16)15-5-2-11(8-17)3-6-15/h4,7-9,11-12H,2-3,5-6H2,1H3. The molecule has 0 radical (unpaired) electrons. The van der Waals surface area contributed by atoms with Crippen LogP contribution in [0.25, 0.3) is 0 Å². The van der Waals surface area contributed by atoms with Crippen molar-refractivity contribution < 1.29 is 4.79 Å². The number of aldehydes is 1. The van der Waals surface area contributed by atoms with Gasteiger partial charge in [0.15, 0.2) is 5.13 Å². The van der Waals surface area contributed by atoms with Gasteiger partial charge >= 0.3 is 0 Å². The fourth-order valence-corrected chi connectivity index (χ4v) is 3.32. The molecule has 4 nitrogen and oxygen atoms in total. The molecular formula is C13H17N3OS. The Kier molecular flexibility index (Phi) is 3.18. The first-order valence-corrected chi connectivity index (χ1v) is 7.24. The molecule has 1 unspecified atom stereocenters. The van der Waals surface area contributed by atoms with Crippen LogP contribution in [-0.4, -0.2) is 35.4 Å². The monoisotopic (exact) mass is 263 g/mol. The highest BCUT2D eigenvalue weighted by molar-refractivity contribution is 7.13. The molecule has 1 aromatic rings. The van der Waals surface area contributed by atoms with Crippen molar-refractivity contribution in [2.24, 2.45) is 5.92 Å². The van der Waals surface area contributed by atoms with Gasteiger partial charge in [-0.15, -0.1) is 11.3 Å². The summed E-state index contributed by atoms with van der Waals surface area (Å²) in [5, 5.41) is 3.15. The van der Waals surface area contributed by atoms with Gasteiger partial charge in [-0.05, 0) is 25.8 Å². The van der Waals surface area contributed by atoms with E-state index in [4.69, 9.17) is 0 Å². The Morgan fingerprint density at radius 2 is 2.22 bits per heavy atom. The number of likely N-dealkylation sites (tertiary alicyclic amines) is 1. The van der Waals surface area contributed by atoms with E-state index < -0.39 is 0 Å². The number of thiazole rings is 1. The van der Waals surface area contributed by atoms with Gasteiger partial charge in [0.25, 0.3) is 0 Å². The molecule has 1 atom stereocenters. The number of carbonyl (C=O) groups is 1. The molecule has 3 rings (SSSR count). The molecule has 5 heteroatoms. The van der Waals surface area contributed by atoms with Crippen LogP contribution in [0.15, 0.2) is 17.7 Å². The quantitative estimate of drug-likeness (QED) is 0.782. The van der Waals surface area contributed by atoms with Crippen LogP contribution >= 0.6 is 11.3 Å². The topological polar surface area (TPSA) is 36.4 Å². The summed E-state index contributed by atoms with van der Waals surface area (Å²) in [7, 11) is 0. The van der Waals surface area contributed by atoms with Gasteiger partial charge in [0.2, 0.25) is 0 Å². The number of rotatable bonds is 3. The van der Waals surface area contributed by atoms with Crippen molar-refractivity contribution in [3.05, 3.63) is 23.3 Å². The van der Waals surface area contributed by atoms with Crippen molar-refractivity contribution in [3.8, 4) is 0 Å². The largest absolute Gasteiger partial charge is 0.305 e. The second-order valence-corrected chi connectivity index (χ2v) is 5.78. The molecule has 96 valence electrons. The zero-order valence-electron chi connectivity index (χ0n) is 10.5. The zero-order chi connectivity index (χ0) is 12.5. The summed E-state index contributed by atoms with van der Waals surface area (Å²) >= 11 is 1.69. The molecule has 0 bridgehead atoms. The van der Waals surface area contributed by atoms with Crippen molar-refractivity contribution in [1.29, 1.82) is 0 Å². The predicted octanol–water partition coefficient (Wildman–Crippen LogP) is 2.02. The first-order valence-electron chi connectivity index (χ1n) is 6.36. The molecule has 1 aromatic heterocycles. The van der Waals surface area contributed by atoms with Crippen molar-refractivity contribution >= 4 is 22.8 Å². The molecule has 0 amide bonds. The molecule has 0 spiro atoms. The number of nitrogens with zero attached hydrogens (tertiary/aromatic N) is 3. The third-order valence-electron chi connectivity index (χ3n) is 3.67. The Balaban J connectivity index is 1.65. The normalized spacial score (nSPS) is 25.2. The number of carbonyl (C=O) groups excluding carboxylic acids is 1. The van der Waals surface area contributed by atoms with Gasteiger partial charge in [-0.1, -0.05) is 0 Å². The molecule has 18 heavy (non-hydrogen) atoms. The SMILES string of the molecule is Cc1csc(N2C=CC2N2CCC(C=O)CC2)n1. The van der Waals surface area contributed by atoms with E-state index in [0.717, 1.165) is 43.0 Å². The third kappa shape index (κ3) is 2.08. The van der Waals surface area contributed by atoms with Crippen LogP contribution < -0.4 is 4.90 Å². The fourth-order valence-electron chi connectivity index (χ4n) is 2.50. The Labute approximate surface area is 111 Å². The molecular weight excluding hydrogens is 246 g/mol. The second-order valence-electron chi connectivity index (χ2n) is 4.94. The maximum absolute atomic E-state index is 10.8. The average molecular weight is 263 g/mol. The molecule has 0 aromatic carbocycles. The molecule has 2 aliphatic heterocycles. The lowest BCUT2D eigenvalue weighted by molar-refractivity contribution is -0.112. The maximum atomic E-state index is 10.8. The van der Waals surface area contributed by atoms with Crippen LogP contribution in [0.4, 0.5) is 5.13 Å². The summed E-state index contributed by atoms with van der Waals surface area (Å²) in [6, 6.07) is 0. The van der Waals surface area contributed by atoms with Crippen LogP contribution in [-0.2, 0) is 4.79 Å². The second kappa shape index (κ2) is 4.82. The van der Waals surface area contributed by atoms with Crippen LogP contribution in [0, 0.1) is 12.8 Å². The molecule has 2 aliphatic rings. The highest BCUT2D eigenvalue weighted by Crippen LogP contribution is 2.31. The van der Waals surface area contributed by atoms with Gasteiger partial charge < -0.3 is 9.69 Å². The van der Waals surface area contributed by atoms with E-state index in [1.807, 2.05) is 6.92 Å². The van der Waals surface area contributed by atoms with E-state index in [1.165, 1.54) is 0 Å². The van der Waals surface area contributed by atoms with E-state index in [2.05, 4.69) is 32.4 Å². The summed E-state index contributed by atoms with van der Waals surface area (Å²) in [5.74, 6) is 0.265. The molecule has 1 fully saturated rings. The highest BCUT2D eigenvalue weighted by atomic mass is 32.1. The van der Waals surface area contributed by atoms with Gasteiger partial charge in [-0.2, -0.15) is 0 Å². The van der Waals surface area contributed by atoms with Gasteiger partial charge in [0, 0.05) is 30.6 Å². The van der Waals surface area contributed by atoms with Gasteiger partial charge in [0.1, 0.15) is 12.5 Å². The lowest BCUT2D eigenvalue weighted by Crippen LogP contribution is -2.52. The summed E-state index contributed by atoms with van der Waals surface area (Å²) in [5.41, 5.74) is 1.08. The Morgan fingerprint density at radius 3 is 2.72 bits per heavy atom. The smallest absolute Gasteiger partial charge is 0.191 e. The van der Waals surface area contributed by atoms with E-state index in [1.54, 1.807) is 11.3 Å². The number of hydrogen-bond donors (Lipinski definition) is 0. The minimum atomic E-state index is 0.265. The van der Waals surface area contributed by atoms with Gasteiger partial charge in [0.05, 0.1) is 5.69 Å². The zero-order valence-corrected chi connectivity index (χ0v) is 11.3. The average Bonchev–Trinajstić information content (AvgIpc) is 2.75. The van der Waals surface area contributed by atoms with Crippen LogP contribution in [0.5, 0.6) is 0 Å². The lowest BCUT2D eigenvalue weighted by atomic mass is 9.97. The first kappa shape index (κ1) is 11.9. The summed E-state index contributed by atoms with van der Waals surface area (Å²) in [6.45, 7) is 4.02. The van der Waals surface area contributed by atoms with E-state index in [9.17, 15) is 4.79 Å². The molecule has 0 saturated carbocycles. The van der Waals surface area contributed by atoms with Crippen molar-refractivity contribution in [3.63, 3.8) is 0 Å². The molecule has 0 N–H and O–H groups in total. The van der Waals surface area contributed by atoms with E-state index in [0.29, 0.717) is 6.17 Å². The van der Waals surface area contributed by atoms with Gasteiger partial charge in [-0.3, -0.25) is 4.90 Å². The number of aromatic nitrogens is 1. The van der Waals surface area contributed by atoms with Crippen LogP contribution in [0.2, 0.25) is 0 Å². The molecule has 1 saturated heterocycles.